The molecule has 0 atom stereocenters. The van der Waals surface area contributed by atoms with Crippen LogP contribution in [0.5, 0.6) is 0 Å². The number of hydrogen-bond donors (Lipinski definition) is 1. The molecule has 13 heavy (non-hydrogen) atoms. The molecule has 0 heterocycles. The number of benzene rings is 1. The molecule has 0 amide bonds. The molecule has 0 aliphatic heterocycles. The van der Waals surface area contributed by atoms with Crippen LogP contribution >= 0.6 is 0 Å². The van der Waals surface area contributed by atoms with Crippen molar-refractivity contribution in [2.75, 3.05) is 0 Å². The predicted octanol–water partition coefficient (Wildman–Crippen LogP) is 2.38. The largest absolute Gasteiger partial charge is 0.476 e. The minimum absolute atomic E-state index is 0.0811. The SMILES string of the molecule is O=C(O)/C(F)=C(/F)c1ccccc1. The summed E-state index contributed by atoms with van der Waals surface area (Å²) in [7, 11) is 0. The Morgan fingerprint density at radius 2 is 1.69 bits per heavy atom. The van der Waals surface area contributed by atoms with Crippen molar-refractivity contribution in [1.29, 1.82) is 0 Å². The fourth-order valence-corrected chi connectivity index (χ4v) is 0.805. The Hall–Kier alpha value is -1.71. The molecule has 0 saturated heterocycles. The van der Waals surface area contributed by atoms with Crippen molar-refractivity contribution in [2.24, 2.45) is 0 Å². The van der Waals surface area contributed by atoms with E-state index in [4.69, 9.17) is 5.11 Å². The van der Waals surface area contributed by atoms with Crippen molar-refractivity contribution in [3.8, 4) is 0 Å². The Kier molecular flexibility index (Phi) is 2.74. The van der Waals surface area contributed by atoms with Gasteiger partial charge in [-0.1, -0.05) is 30.3 Å². The third kappa shape index (κ3) is 2.11. The standard InChI is InChI=1S/C9H6F2O2/c10-7(8(11)9(12)13)6-4-2-1-3-5-6/h1-5H,(H,12,13)/b8-7-. The summed E-state index contributed by atoms with van der Waals surface area (Å²) in [5.74, 6) is -5.03. The average Bonchev–Trinajstić information content (AvgIpc) is 2.17. The number of rotatable bonds is 2. The van der Waals surface area contributed by atoms with Gasteiger partial charge in [0.25, 0.3) is 0 Å². The minimum Gasteiger partial charge on any atom is -0.476 e. The van der Waals surface area contributed by atoms with Crippen molar-refractivity contribution in [3.05, 3.63) is 41.7 Å². The monoisotopic (exact) mass is 184 g/mol. The lowest BCUT2D eigenvalue weighted by atomic mass is 10.2. The summed E-state index contributed by atoms with van der Waals surface area (Å²) in [6, 6.07) is 7.18. The molecule has 0 radical (unpaired) electrons. The highest BCUT2D eigenvalue weighted by Gasteiger charge is 2.14. The predicted molar refractivity (Wildman–Crippen MR) is 43.2 cm³/mol. The van der Waals surface area contributed by atoms with Crippen molar-refractivity contribution >= 4 is 11.8 Å². The van der Waals surface area contributed by atoms with E-state index >= 15 is 0 Å². The third-order valence-corrected chi connectivity index (χ3v) is 1.41. The number of hydrogen-bond acceptors (Lipinski definition) is 1. The second kappa shape index (κ2) is 3.80. The van der Waals surface area contributed by atoms with Gasteiger partial charge >= 0.3 is 5.97 Å². The summed E-state index contributed by atoms with van der Waals surface area (Å²) in [4.78, 5) is 10.0. The molecule has 68 valence electrons. The van der Waals surface area contributed by atoms with Gasteiger partial charge in [0.05, 0.1) is 0 Å². The highest BCUT2D eigenvalue weighted by Crippen LogP contribution is 2.20. The van der Waals surface area contributed by atoms with Gasteiger partial charge < -0.3 is 5.11 Å². The smallest absolute Gasteiger partial charge is 0.367 e. The first-order valence-electron chi connectivity index (χ1n) is 3.47. The zero-order valence-electron chi connectivity index (χ0n) is 6.50. The van der Waals surface area contributed by atoms with Crippen LogP contribution in [0.1, 0.15) is 5.56 Å². The first-order valence-corrected chi connectivity index (χ1v) is 3.47. The molecule has 0 saturated carbocycles. The zero-order chi connectivity index (χ0) is 9.84. The minimum atomic E-state index is -1.90. The number of aliphatic carboxylic acids is 1. The van der Waals surface area contributed by atoms with Gasteiger partial charge in [0.15, 0.2) is 5.83 Å². The van der Waals surface area contributed by atoms with Crippen molar-refractivity contribution in [2.45, 2.75) is 0 Å². The molecule has 1 N–H and O–H groups in total. The van der Waals surface area contributed by atoms with Crippen LogP contribution in [0.25, 0.3) is 5.83 Å². The second-order valence-electron chi connectivity index (χ2n) is 2.30. The number of carbonyl (C=O) groups is 1. The van der Waals surface area contributed by atoms with Crippen LogP contribution in [-0.2, 0) is 4.79 Å². The van der Waals surface area contributed by atoms with E-state index in [1.54, 1.807) is 6.07 Å². The lowest BCUT2D eigenvalue weighted by Crippen LogP contribution is -1.97. The summed E-state index contributed by atoms with van der Waals surface area (Å²) in [6.45, 7) is 0. The number of carboxylic acids is 1. The van der Waals surface area contributed by atoms with Gasteiger partial charge in [-0.25, -0.2) is 9.18 Å². The second-order valence-corrected chi connectivity index (χ2v) is 2.30. The Balaban J connectivity index is 3.11. The van der Waals surface area contributed by atoms with E-state index in [0.29, 0.717) is 0 Å². The highest BCUT2D eigenvalue weighted by atomic mass is 19.2. The van der Waals surface area contributed by atoms with Crippen LogP contribution in [-0.4, -0.2) is 11.1 Å². The Labute approximate surface area is 73.1 Å². The fourth-order valence-electron chi connectivity index (χ4n) is 0.805. The van der Waals surface area contributed by atoms with E-state index in [1.807, 2.05) is 0 Å². The average molecular weight is 184 g/mol. The number of halogens is 2. The summed E-state index contributed by atoms with van der Waals surface area (Å²) in [5.41, 5.74) is -0.0811. The Morgan fingerprint density at radius 3 is 2.15 bits per heavy atom. The zero-order valence-corrected chi connectivity index (χ0v) is 6.50. The fraction of sp³-hybridized carbons (Fsp3) is 0. The molecule has 0 fully saturated rings. The maximum absolute atomic E-state index is 12.9. The molecule has 1 aromatic carbocycles. The van der Waals surface area contributed by atoms with Crippen LogP contribution in [0.15, 0.2) is 36.2 Å². The van der Waals surface area contributed by atoms with Crippen LogP contribution in [0, 0.1) is 0 Å². The van der Waals surface area contributed by atoms with Gasteiger partial charge in [-0.2, -0.15) is 4.39 Å². The molecule has 0 spiro atoms. The maximum Gasteiger partial charge on any atom is 0.367 e. The topological polar surface area (TPSA) is 37.3 Å². The molecule has 0 aliphatic carbocycles. The first kappa shape index (κ1) is 9.38. The van der Waals surface area contributed by atoms with Crippen molar-refractivity contribution < 1.29 is 18.7 Å². The molecular formula is C9H6F2O2. The number of carboxylic acid groups (broad SMARTS) is 1. The lowest BCUT2D eigenvalue weighted by Gasteiger charge is -1.96. The summed E-state index contributed by atoms with van der Waals surface area (Å²) in [5, 5.41) is 8.14. The van der Waals surface area contributed by atoms with Gasteiger partial charge in [0.2, 0.25) is 5.83 Å². The molecule has 1 aromatic rings. The van der Waals surface area contributed by atoms with E-state index in [-0.39, 0.29) is 5.56 Å². The van der Waals surface area contributed by atoms with Crippen LogP contribution in [0.2, 0.25) is 0 Å². The summed E-state index contributed by atoms with van der Waals surface area (Å²) in [6.07, 6.45) is 0. The van der Waals surface area contributed by atoms with Crippen molar-refractivity contribution in [3.63, 3.8) is 0 Å². The molecular weight excluding hydrogens is 178 g/mol. The molecule has 0 aliphatic rings. The normalized spacial score (nSPS) is 12.2. The third-order valence-electron chi connectivity index (χ3n) is 1.41. The van der Waals surface area contributed by atoms with Gasteiger partial charge in [0, 0.05) is 5.56 Å². The van der Waals surface area contributed by atoms with Gasteiger partial charge in [0.1, 0.15) is 0 Å². The maximum atomic E-state index is 12.9. The molecule has 1 rings (SSSR count). The van der Waals surface area contributed by atoms with Gasteiger partial charge in [-0.15, -0.1) is 0 Å². The van der Waals surface area contributed by atoms with E-state index in [0.717, 1.165) is 0 Å². The summed E-state index contributed by atoms with van der Waals surface area (Å²) >= 11 is 0. The lowest BCUT2D eigenvalue weighted by molar-refractivity contribution is -0.134. The van der Waals surface area contributed by atoms with E-state index in [2.05, 4.69) is 0 Å². The Bertz CT molecular complexity index is 344. The molecule has 0 aromatic heterocycles. The first-order chi connectivity index (χ1) is 6.13. The molecule has 0 unspecified atom stereocenters. The van der Waals surface area contributed by atoms with Gasteiger partial charge in [-0.05, 0) is 0 Å². The molecule has 0 bridgehead atoms. The summed E-state index contributed by atoms with van der Waals surface area (Å²) < 4.78 is 25.4. The van der Waals surface area contributed by atoms with Crippen LogP contribution in [0.3, 0.4) is 0 Å². The van der Waals surface area contributed by atoms with E-state index < -0.39 is 17.6 Å². The van der Waals surface area contributed by atoms with Crippen molar-refractivity contribution in [1.82, 2.24) is 0 Å². The Morgan fingerprint density at radius 1 is 1.15 bits per heavy atom. The van der Waals surface area contributed by atoms with E-state index in [1.165, 1.54) is 24.3 Å². The van der Waals surface area contributed by atoms with Gasteiger partial charge in [-0.3, -0.25) is 0 Å². The highest BCUT2D eigenvalue weighted by molar-refractivity contribution is 5.92. The quantitative estimate of drug-likeness (QED) is 0.716. The van der Waals surface area contributed by atoms with Crippen LogP contribution in [0.4, 0.5) is 8.78 Å². The molecule has 2 nitrogen and oxygen atoms in total. The van der Waals surface area contributed by atoms with Crippen LogP contribution < -0.4 is 0 Å². The van der Waals surface area contributed by atoms with E-state index in [9.17, 15) is 13.6 Å². The molecule has 4 heteroatoms.